The highest BCUT2D eigenvalue weighted by Crippen LogP contribution is 2.28. The van der Waals surface area contributed by atoms with Crippen LogP contribution < -0.4 is 4.74 Å². The van der Waals surface area contributed by atoms with Gasteiger partial charge >= 0.3 is 0 Å². The van der Waals surface area contributed by atoms with Gasteiger partial charge in [0.1, 0.15) is 5.76 Å². The van der Waals surface area contributed by atoms with Gasteiger partial charge in [0, 0.05) is 49.8 Å². The highest BCUT2D eigenvalue weighted by molar-refractivity contribution is 5.77. The zero-order valence-electron chi connectivity index (χ0n) is 14.8. The maximum atomic E-state index is 12.6. The number of amides is 1. The van der Waals surface area contributed by atoms with E-state index in [9.17, 15) is 4.79 Å². The lowest BCUT2D eigenvalue weighted by Crippen LogP contribution is -2.39. The summed E-state index contributed by atoms with van der Waals surface area (Å²) < 4.78 is 10.2. The number of pyridine rings is 1. The molecule has 0 radical (unpaired) electrons. The van der Waals surface area contributed by atoms with Crippen LogP contribution in [0, 0.1) is 0 Å². The number of nitrogens with zero attached hydrogens (tertiary/aromatic N) is 3. The maximum absolute atomic E-state index is 12.6. The first-order chi connectivity index (χ1) is 12.7. The van der Waals surface area contributed by atoms with Gasteiger partial charge in [0.2, 0.25) is 5.91 Å². The quantitative estimate of drug-likeness (QED) is 0.761. The Morgan fingerprint density at radius 3 is 3.19 bits per heavy atom. The van der Waals surface area contributed by atoms with Crippen molar-refractivity contribution < 1.29 is 14.1 Å². The van der Waals surface area contributed by atoms with Crippen molar-refractivity contribution in [3.8, 4) is 5.88 Å². The number of piperidine rings is 1. The number of methoxy groups -OCH3 is 1. The molecule has 1 fully saturated rings. The van der Waals surface area contributed by atoms with E-state index in [4.69, 9.17) is 9.26 Å². The number of aryl methyl sites for hydroxylation is 1. The molecule has 1 amide bonds. The Bertz CT molecular complexity index is 868. The molecular weight excluding hydrogens is 332 g/mol. The van der Waals surface area contributed by atoms with E-state index in [1.54, 1.807) is 19.4 Å². The Balaban J connectivity index is 1.38. The predicted molar refractivity (Wildman–Crippen MR) is 96.0 cm³/mol. The molecule has 1 N–H and O–H groups in total. The molecule has 7 nitrogen and oxygen atoms in total. The Morgan fingerprint density at radius 2 is 2.38 bits per heavy atom. The van der Waals surface area contributed by atoms with Gasteiger partial charge in [-0.3, -0.25) is 9.78 Å². The van der Waals surface area contributed by atoms with Crippen LogP contribution in [0.3, 0.4) is 0 Å². The van der Waals surface area contributed by atoms with Crippen LogP contribution in [0.15, 0.2) is 35.0 Å². The van der Waals surface area contributed by atoms with Gasteiger partial charge < -0.3 is 19.1 Å². The second kappa shape index (κ2) is 7.19. The van der Waals surface area contributed by atoms with Gasteiger partial charge in [0.25, 0.3) is 5.88 Å². The average Bonchev–Trinajstić information content (AvgIpc) is 3.32. The van der Waals surface area contributed by atoms with E-state index >= 15 is 0 Å². The lowest BCUT2D eigenvalue weighted by atomic mass is 9.94. The lowest BCUT2D eigenvalue weighted by molar-refractivity contribution is -0.132. The summed E-state index contributed by atoms with van der Waals surface area (Å²) in [5.74, 6) is 1.59. The summed E-state index contributed by atoms with van der Waals surface area (Å²) in [4.78, 5) is 22.4. The molecule has 1 aliphatic heterocycles. The molecule has 0 aromatic carbocycles. The number of carbonyl (C=O) groups excluding carboxylic acids is 1. The van der Waals surface area contributed by atoms with Crippen LogP contribution >= 0.6 is 0 Å². The molecule has 1 atom stereocenters. The number of fused-ring (bicyclic) bond motifs is 1. The van der Waals surface area contributed by atoms with Gasteiger partial charge in [-0.25, -0.2) is 0 Å². The van der Waals surface area contributed by atoms with E-state index < -0.39 is 0 Å². The van der Waals surface area contributed by atoms with Crippen molar-refractivity contribution in [2.45, 2.75) is 31.6 Å². The fourth-order valence-corrected chi connectivity index (χ4v) is 3.55. The standard InChI is InChI=1S/C19H22N4O3/c1-25-18-10-14(26-22-18)6-7-19(24)23-9-3-4-13(12-23)16-11-17-15(21-16)5-2-8-20-17/h2,5,8,10-11,13,21H,3-4,6-7,9,12H2,1H3. The van der Waals surface area contributed by atoms with E-state index in [-0.39, 0.29) is 5.91 Å². The smallest absolute Gasteiger partial charge is 0.254 e. The van der Waals surface area contributed by atoms with E-state index in [1.807, 2.05) is 17.0 Å². The van der Waals surface area contributed by atoms with E-state index in [0.717, 1.165) is 42.7 Å². The normalized spacial score (nSPS) is 17.6. The topological polar surface area (TPSA) is 84.2 Å². The highest BCUT2D eigenvalue weighted by atomic mass is 16.5. The number of H-pyrrole nitrogens is 1. The van der Waals surface area contributed by atoms with Crippen LogP contribution in [0.1, 0.15) is 36.6 Å². The van der Waals surface area contributed by atoms with Crippen molar-refractivity contribution in [2.75, 3.05) is 20.2 Å². The molecule has 0 saturated carbocycles. The number of ether oxygens (including phenoxy) is 1. The highest BCUT2D eigenvalue weighted by Gasteiger charge is 2.26. The minimum absolute atomic E-state index is 0.152. The largest absolute Gasteiger partial charge is 0.479 e. The van der Waals surface area contributed by atoms with E-state index in [1.165, 1.54) is 0 Å². The maximum Gasteiger partial charge on any atom is 0.254 e. The molecule has 136 valence electrons. The molecule has 26 heavy (non-hydrogen) atoms. The third-order valence-electron chi connectivity index (χ3n) is 4.96. The van der Waals surface area contributed by atoms with Crippen molar-refractivity contribution in [3.63, 3.8) is 0 Å². The summed E-state index contributed by atoms with van der Waals surface area (Å²) in [7, 11) is 1.54. The first-order valence-corrected chi connectivity index (χ1v) is 8.94. The fraction of sp³-hybridized carbons (Fsp3) is 0.421. The SMILES string of the molecule is COc1cc(CCC(=O)N2CCCC(c3cc4ncccc4[nH]3)C2)on1. The molecule has 4 heterocycles. The summed E-state index contributed by atoms with van der Waals surface area (Å²) in [5.41, 5.74) is 3.19. The Kier molecular flexibility index (Phi) is 4.60. The second-order valence-electron chi connectivity index (χ2n) is 6.68. The number of hydrogen-bond donors (Lipinski definition) is 1. The first-order valence-electron chi connectivity index (χ1n) is 8.94. The third kappa shape index (κ3) is 3.42. The zero-order chi connectivity index (χ0) is 17.9. The number of likely N-dealkylation sites (tertiary alicyclic amines) is 1. The number of nitrogens with one attached hydrogen (secondary N) is 1. The van der Waals surface area contributed by atoms with Crippen molar-refractivity contribution in [2.24, 2.45) is 0 Å². The van der Waals surface area contributed by atoms with E-state index in [0.29, 0.717) is 30.4 Å². The lowest BCUT2D eigenvalue weighted by Gasteiger charge is -2.32. The summed E-state index contributed by atoms with van der Waals surface area (Å²) in [6.07, 6.45) is 4.84. The number of hydrogen-bond acceptors (Lipinski definition) is 5. The Morgan fingerprint density at radius 1 is 1.46 bits per heavy atom. The average molecular weight is 354 g/mol. The van der Waals surface area contributed by atoms with Crippen LogP contribution in [0.2, 0.25) is 0 Å². The molecule has 7 heteroatoms. The molecule has 0 spiro atoms. The minimum atomic E-state index is 0.152. The van der Waals surface area contributed by atoms with Crippen molar-refractivity contribution in [1.29, 1.82) is 0 Å². The van der Waals surface area contributed by atoms with Gasteiger partial charge in [0.15, 0.2) is 0 Å². The predicted octanol–water partition coefficient (Wildman–Crippen LogP) is 2.90. The molecule has 4 rings (SSSR count). The fourth-order valence-electron chi connectivity index (χ4n) is 3.55. The van der Waals surface area contributed by atoms with Crippen LogP contribution in [0.25, 0.3) is 11.0 Å². The van der Waals surface area contributed by atoms with Crippen LogP contribution in [-0.2, 0) is 11.2 Å². The number of aromatic amines is 1. The van der Waals surface area contributed by atoms with Gasteiger partial charge in [-0.2, -0.15) is 0 Å². The summed E-state index contributed by atoms with van der Waals surface area (Å²) >= 11 is 0. The molecule has 3 aromatic rings. The Labute approximate surface area is 151 Å². The summed E-state index contributed by atoms with van der Waals surface area (Å²) in [6, 6.07) is 7.79. The van der Waals surface area contributed by atoms with Gasteiger partial charge in [-0.1, -0.05) is 0 Å². The number of aromatic nitrogens is 3. The monoisotopic (exact) mass is 354 g/mol. The summed E-state index contributed by atoms with van der Waals surface area (Å²) in [5, 5.41) is 3.77. The number of rotatable bonds is 5. The minimum Gasteiger partial charge on any atom is -0.479 e. The van der Waals surface area contributed by atoms with Crippen molar-refractivity contribution in [3.05, 3.63) is 41.9 Å². The molecule has 0 bridgehead atoms. The van der Waals surface area contributed by atoms with Crippen LogP contribution in [-0.4, -0.2) is 46.1 Å². The molecular formula is C19H22N4O3. The van der Waals surface area contributed by atoms with E-state index in [2.05, 4.69) is 21.2 Å². The van der Waals surface area contributed by atoms with Gasteiger partial charge in [-0.05, 0) is 36.2 Å². The van der Waals surface area contributed by atoms with Crippen molar-refractivity contribution in [1.82, 2.24) is 20.0 Å². The molecule has 3 aromatic heterocycles. The second-order valence-corrected chi connectivity index (χ2v) is 6.68. The van der Waals surface area contributed by atoms with Crippen LogP contribution in [0.4, 0.5) is 0 Å². The van der Waals surface area contributed by atoms with Crippen LogP contribution in [0.5, 0.6) is 5.88 Å². The molecule has 1 saturated heterocycles. The molecule has 1 unspecified atom stereocenters. The third-order valence-corrected chi connectivity index (χ3v) is 4.96. The molecule has 0 aliphatic carbocycles. The Hall–Kier alpha value is -2.83. The van der Waals surface area contributed by atoms with Gasteiger partial charge in [0.05, 0.1) is 18.1 Å². The van der Waals surface area contributed by atoms with Gasteiger partial charge in [-0.15, -0.1) is 0 Å². The first kappa shape index (κ1) is 16.6. The van der Waals surface area contributed by atoms with Crippen molar-refractivity contribution >= 4 is 16.9 Å². The zero-order valence-corrected chi connectivity index (χ0v) is 14.8. The summed E-state index contributed by atoms with van der Waals surface area (Å²) in [6.45, 7) is 1.55. The number of carbonyl (C=O) groups is 1. The molecule has 1 aliphatic rings.